The summed E-state index contributed by atoms with van der Waals surface area (Å²) in [6.07, 6.45) is -0.0151. The second-order valence-electron chi connectivity index (χ2n) is 5.59. The number of ether oxygens (including phenoxy) is 1. The van der Waals surface area contributed by atoms with Gasteiger partial charge in [-0.1, -0.05) is 41.4 Å². The van der Waals surface area contributed by atoms with Crippen LogP contribution in [0.5, 0.6) is 0 Å². The van der Waals surface area contributed by atoms with Gasteiger partial charge in [0.1, 0.15) is 0 Å². The summed E-state index contributed by atoms with van der Waals surface area (Å²) in [5.41, 5.74) is 1.25. The number of carbonyl (C=O) groups excluding carboxylic acids is 2. The first-order chi connectivity index (χ1) is 12.8. The van der Waals surface area contributed by atoms with E-state index in [2.05, 4.69) is 5.32 Å². The SMILES string of the molecule is CCOC(=O)C(Cc1ccc(NC(=O)c2c(Cl)cccc2Cl)cc1)C(=O)O. The summed E-state index contributed by atoms with van der Waals surface area (Å²) in [6.45, 7) is 1.72. The van der Waals surface area contributed by atoms with Gasteiger partial charge in [0.15, 0.2) is 5.92 Å². The second kappa shape index (κ2) is 9.39. The molecule has 142 valence electrons. The second-order valence-corrected chi connectivity index (χ2v) is 6.41. The lowest BCUT2D eigenvalue weighted by Crippen LogP contribution is -2.27. The van der Waals surface area contributed by atoms with Gasteiger partial charge in [0, 0.05) is 5.69 Å². The zero-order chi connectivity index (χ0) is 20.0. The quantitative estimate of drug-likeness (QED) is 0.531. The van der Waals surface area contributed by atoms with E-state index in [1.807, 2.05) is 0 Å². The van der Waals surface area contributed by atoms with E-state index < -0.39 is 23.8 Å². The van der Waals surface area contributed by atoms with E-state index in [9.17, 15) is 19.5 Å². The van der Waals surface area contributed by atoms with Crippen LogP contribution < -0.4 is 5.32 Å². The highest BCUT2D eigenvalue weighted by Crippen LogP contribution is 2.25. The monoisotopic (exact) mass is 409 g/mol. The molecule has 8 heteroatoms. The fraction of sp³-hybridized carbons (Fsp3) is 0.211. The Morgan fingerprint density at radius 1 is 1.07 bits per heavy atom. The molecule has 1 amide bonds. The minimum absolute atomic E-state index is 0.0151. The molecule has 6 nitrogen and oxygen atoms in total. The van der Waals surface area contributed by atoms with Crippen molar-refractivity contribution in [3.05, 3.63) is 63.6 Å². The van der Waals surface area contributed by atoms with Crippen LogP contribution in [0.15, 0.2) is 42.5 Å². The van der Waals surface area contributed by atoms with Crippen molar-refractivity contribution in [2.75, 3.05) is 11.9 Å². The summed E-state index contributed by atoms with van der Waals surface area (Å²) in [7, 11) is 0. The van der Waals surface area contributed by atoms with E-state index >= 15 is 0 Å². The third-order valence-electron chi connectivity index (χ3n) is 3.71. The standard InChI is InChI=1S/C19H17Cl2NO5/c1-2-27-19(26)13(18(24)25)10-11-6-8-12(9-7-11)22-17(23)16-14(20)4-3-5-15(16)21/h3-9,13H,2,10H2,1H3,(H,22,23)(H,24,25). The number of carboxylic acids is 1. The predicted molar refractivity (Wildman–Crippen MR) is 102 cm³/mol. The molecule has 0 aliphatic heterocycles. The Bertz CT molecular complexity index is 831. The Morgan fingerprint density at radius 2 is 1.67 bits per heavy atom. The van der Waals surface area contributed by atoms with Crippen molar-refractivity contribution < 1.29 is 24.2 Å². The molecule has 0 saturated carbocycles. The number of anilines is 1. The van der Waals surface area contributed by atoms with Crippen molar-refractivity contribution in [2.24, 2.45) is 5.92 Å². The molecule has 2 aromatic carbocycles. The third kappa shape index (κ3) is 5.45. The highest BCUT2D eigenvalue weighted by Gasteiger charge is 2.27. The van der Waals surface area contributed by atoms with Gasteiger partial charge in [0.05, 0.1) is 22.2 Å². The molecule has 0 spiro atoms. The Kier molecular flexibility index (Phi) is 7.21. The number of amides is 1. The molecule has 27 heavy (non-hydrogen) atoms. The van der Waals surface area contributed by atoms with Gasteiger partial charge < -0.3 is 15.2 Å². The molecular weight excluding hydrogens is 393 g/mol. The summed E-state index contributed by atoms with van der Waals surface area (Å²) in [4.78, 5) is 35.4. The molecular formula is C19H17Cl2NO5. The number of nitrogens with one attached hydrogen (secondary N) is 1. The minimum atomic E-state index is -1.28. The van der Waals surface area contributed by atoms with Gasteiger partial charge >= 0.3 is 11.9 Å². The van der Waals surface area contributed by atoms with Crippen LogP contribution in [0.3, 0.4) is 0 Å². The average Bonchev–Trinajstić information content (AvgIpc) is 2.60. The van der Waals surface area contributed by atoms with Gasteiger partial charge in [-0.3, -0.25) is 14.4 Å². The van der Waals surface area contributed by atoms with Crippen LogP contribution in [0, 0.1) is 5.92 Å². The van der Waals surface area contributed by atoms with Crippen molar-refractivity contribution in [3.8, 4) is 0 Å². The maximum Gasteiger partial charge on any atom is 0.320 e. The zero-order valence-corrected chi connectivity index (χ0v) is 15.9. The fourth-order valence-corrected chi connectivity index (χ4v) is 2.95. The van der Waals surface area contributed by atoms with Crippen molar-refractivity contribution in [3.63, 3.8) is 0 Å². The summed E-state index contributed by atoms with van der Waals surface area (Å²) in [5, 5.41) is 12.3. The molecule has 0 aromatic heterocycles. The molecule has 2 N–H and O–H groups in total. The van der Waals surface area contributed by atoms with Gasteiger partial charge in [-0.05, 0) is 43.2 Å². The van der Waals surface area contributed by atoms with E-state index in [0.29, 0.717) is 11.3 Å². The molecule has 0 aliphatic carbocycles. The van der Waals surface area contributed by atoms with Gasteiger partial charge in [-0.15, -0.1) is 0 Å². The largest absolute Gasteiger partial charge is 0.481 e. The normalized spacial score (nSPS) is 11.5. The van der Waals surface area contributed by atoms with Crippen LogP contribution in [-0.4, -0.2) is 29.6 Å². The molecule has 0 radical (unpaired) electrons. The zero-order valence-electron chi connectivity index (χ0n) is 14.4. The first-order valence-corrected chi connectivity index (χ1v) is 8.82. The topological polar surface area (TPSA) is 92.7 Å². The van der Waals surface area contributed by atoms with E-state index in [0.717, 1.165) is 0 Å². The van der Waals surface area contributed by atoms with E-state index in [4.69, 9.17) is 27.9 Å². The van der Waals surface area contributed by atoms with E-state index in [1.165, 1.54) is 0 Å². The lowest BCUT2D eigenvalue weighted by molar-refractivity contribution is -0.158. The summed E-state index contributed by atoms with van der Waals surface area (Å²) < 4.78 is 4.78. The number of halogens is 2. The van der Waals surface area contributed by atoms with E-state index in [1.54, 1.807) is 49.4 Å². The minimum Gasteiger partial charge on any atom is -0.481 e. The summed E-state index contributed by atoms with van der Waals surface area (Å²) in [5.74, 6) is -3.78. The van der Waals surface area contributed by atoms with Crippen molar-refractivity contribution in [1.29, 1.82) is 0 Å². The molecule has 2 aromatic rings. The van der Waals surface area contributed by atoms with Gasteiger partial charge in [0.2, 0.25) is 0 Å². The average molecular weight is 410 g/mol. The molecule has 0 saturated heterocycles. The van der Waals surface area contributed by atoms with Crippen LogP contribution in [0.2, 0.25) is 10.0 Å². The number of rotatable bonds is 7. The van der Waals surface area contributed by atoms with Crippen molar-refractivity contribution in [1.82, 2.24) is 0 Å². The highest BCUT2D eigenvalue weighted by atomic mass is 35.5. The number of carboxylic acid groups (broad SMARTS) is 1. The maximum atomic E-state index is 12.4. The Morgan fingerprint density at radius 3 is 2.19 bits per heavy atom. The fourth-order valence-electron chi connectivity index (χ4n) is 2.38. The molecule has 0 heterocycles. The van der Waals surface area contributed by atoms with Crippen LogP contribution in [0.25, 0.3) is 0 Å². The van der Waals surface area contributed by atoms with Crippen molar-refractivity contribution in [2.45, 2.75) is 13.3 Å². The Balaban J connectivity index is 2.09. The lowest BCUT2D eigenvalue weighted by atomic mass is 9.99. The van der Waals surface area contributed by atoms with E-state index in [-0.39, 0.29) is 28.6 Å². The number of esters is 1. The summed E-state index contributed by atoms with van der Waals surface area (Å²) in [6, 6.07) is 11.2. The van der Waals surface area contributed by atoms with Crippen LogP contribution >= 0.6 is 23.2 Å². The number of aliphatic carboxylic acids is 1. The molecule has 0 bridgehead atoms. The Labute approximate surface area is 166 Å². The lowest BCUT2D eigenvalue weighted by Gasteiger charge is -2.12. The highest BCUT2D eigenvalue weighted by molar-refractivity contribution is 6.40. The van der Waals surface area contributed by atoms with Crippen LogP contribution in [0.1, 0.15) is 22.8 Å². The first-order valence-electron chi connectivity index (χ1n) is 8.07. The molecule has 2 rings (SSSR count). The number of benzene rings is 2. The maximum absolute atomic E-state index is 12.4. The summed E-state index contributed by atoms with van der Waals surface area (Å²) >= 11 is 12.0. The number of carbonyl (C=O) groups is 3. The van der Waals surface area contributed by atoms with Gasteiger partial charge in [-0.25, -0.2) is 0 Å². The van der Waals surface area contributed by atoms with Crippen molar-refractivity contribution >= 4 is 46.7 Å². The predicted octanol–water partition coefficient (Wildman–Crippen LogP) is 4.05. The number of hydrogen-bond donors (Lipinski definition) is 2. The number of hydrogen-bond acceptors (Lipinski definition) is 4. The smallest absolute Gasteiger partial charge is 0.320 e. The molecule has 1 unspecified atom stereocenters. The molecule has 1 atom stereocenters. The molecule has 0 aliphatic rings. The first kappa shape index (κ1) is 20.7. The Hall–Kier alpha value is -2.57. The van der Waals surface area contributed by atoms with Gasteiger partial charge in [-0.2, -0.15) is 0 Å². The van der Waals surface area contributed by atoms with Crippen LogP contribution in [-0.2, 0) is 20.7 Å². The molecule has 0 fully saturated rings. The van der Waals surface area contributed by atoms with Gasteiger partial charge in [0.25, 0.3) is 5.91 Å². The third-order valence-corrected chi connectivity index (χ3v) is 4.34. The van der Waals surface area contributed by atoms with Crippen LogP contribution in [0.4, 0.5) is 5.69 Å².